The Balaban J connectivity index is 1.26. The van der Waals surface area contributed by atoms with Crippen molar-refractivity contribution in [2.45, 2.75) is 68.9 Å². The van der Waals surface area contributed by atoms with E-state index >= 15 is 0 Å². The van der Waals surface area contributed by atoms with E-state index < -0.39 is 12.2 Å². The van der Waals surface area contributed by atoms with Gasteiger partial charge in [-0.25, -0.2) is 5.48 Å². The minimum atomic E-state index is -0.591. The summed E-state index contributed by atoms with van der Waals surface area (Å²) in [6, 6.07) is 24.0. The highest BCUT2D eigenvalue weighted by molar-refractivity contribution is 7.99. The minimum absolute atomic E-state index is 0.0116. The molecule has 5 rings (SSSR count). The van der Waals surface area contributed by atoms with Gasteiger partial charge in [-0.1, -0.05) is 72.4 Å². The summed E-state index contributed by atoms with van der Waals surface area (Å²) >= 11 is 1.60. The number of aromatic nitrogens is 3. The van der Waals surface area contributed by atoms with E-state index in [0.29, 0.717) is 38.0 Å². The molecule has 12 heteroatoms. The van der Waals surface area contributed by atoms with Crippen molar-refractivity contribution in [2.24, 2.45) is 7.05 Å². The van der Waals surface area contributed by atoms with Crippen LogP contribution < -0.4 is 10.8 Å². The van der Waals surface area contributed by atoms with Crippen LogP contribution in [0.4, 0.5) is 0 Å². The van der Waals surface area contributed by atoms with E-state index in [-0.39, 0.29) is 31.1 Å². The monoisotopic (exact) mass is 645 g/mol. The lowest BCUT2D eigenvalue weighted by Gasteiger charge is -2.36. The number of ether oxygens (including phenoxy) is 2. The molecule has 1 aliphatic rings. The van der Waals surface area contributed by atoms with Crippen LogP contribution in [0, 0.1) is 0 Å². The first-order valence-electron chi connectivity index (χ1n) is 15.3. The molecule has 11 nitrogen and oxygen atoms in total. The van der Waals surface area contributed by atoms with Crippen molar-refractivity contribution in [3.63, 3.8) is 0 Å². The summed E-state index contributed by atoms with van der Waals surface area (Å²) < 4.78 is 15.0. The highest BCUT2D eigenvalue weighted by Gasteiger charge is 2.32. The van der Waals surface area contributed by atoms with Gasteiger partial charge >= 0.3 is 0 Å². The fraction of sp³-hybridized carbons (Fsp3) is 0.353. The van der Waals surface area contributed by atoms with Gasteiger partial charge in [0, 0.05) is 44.2 Å². The number of amides is 2. The molecule has 46 heavy (non-hydrogen) atoms. The Hall–Kier alpha value is -4.07. The maximum absolute atomic E-state index is 12.3. The van der Waals surface area contributed by atoms with Crippen LogP contribution in [0.2, 0.25) is 0 Å². The van der Waals surface area contributed by atoms with Crippen LogP contribution in [-0.2, 0) is 39.3 Å². The third-order valence-corrected chi connectivity index (χ3v) is 8.94. The predicted molar refractivity (Wildman–Crippen MR) is 172 cm³/mol. The number of hydrogen-bond acceptors (Lipinski definition) is 9. The molecule has 3 aromatic carbocycles. The number of aliphatic hydroxyl groups is 1. The number of carbonyl (C=O) groups excluding carboxylic acids is 2. The molecule has 2 amide bonds. The topological polar surface area (TPSA) is 148 Å². The number of rotatable bonds is 14. The molecule has 1 fully saturated rings. The van der Waals surface area contributed by atoms with Gasteiger partial charge < -0.3 is 24.5 Å². The maximum Gasteiger partial charge on any atom is 0.243 e. The molecule has 0 unspecified atom stereocenters. The van der Waals surface area contributed by atoms with Crippen molar-refractivity contribution < 1.29 is 29.4 Å². The summed E-state index contributed by atoms with van der Waals surface area (Å²) in [7, 11) is 1.92. The standard InChI is InChI=1S/C34H39N5O6S/c1-39-22-36-37-34(39)46-21-29-18-30(25-14-12-23(20-40)13-15-25)45-33(44-29)28-9-5-8-27(17-28)26-7-4-6-24(16-26)19-35-31(41)10-2-3-11-32(42)38-43/h4-9,12-17,22,29-30,33,40,43H,2-3,10-11,18-21H2,1H3,(H,35,41)(H,38,42)/t29-,30+,33+/m1/s1. The largest absolute Gasteiger partial charge is 0.392 e. The van der Waals surface area contributed by atoms with Crippen molar-refractivity contribution in [3.8, 4) is 11.1 Å². The SMILES string of the molecule is Cn1cnnc1SC[C@H]1C[C@@H](c2ccc(CO)cc2)O[C@@H](c2cccc(-c3cccc(CNC(=O)CCCCC(=O)NO)c3)c2)O1. The fourth-order valence-corrected chi connectivity index (χ4v) is 6.14. The number of nitrogens with zero attached hydrogens (tertiary/aromatic N) is 3. The fourth-order valence-electron chi connectivity index (χ4n) is 5.24. The molecule has 0 aliphatic carbocycles. The molecule has 3 atom stereocenters. The predicted octanol–water partition coefficient (Wildman–Crippen LogP) is 4.99. The van der Waals surface area contributed by atoms with Gasteiger partial charge in [-0.15, -0.1) is 10.2 Å². The average molecular weight is 646 g/mol. The van der Waals surface area contributed by atoms with Crippen LogP contribution in [0.3, 0.4) is 0 Å². The second kappa shape index (κ2) is 16.5. The number of aryl methyl sites for hydroxylation is 1. The van der Waals surface area contributed by atoms with Crippen LogP contribution in [0.1, 0.15) is 66.8 Å². The number of unbranched alkanes of at least 4 members (excludes halogenated alkanes) is 1. The van der Waals surface area contributed by atoms with Crippen LogP contribution in [0.15, 0.2) is 84.3 Å². The van der Waals surface area contributed by atoms with Gasteiger partial charge in [-0.05, 0) is 52.8 Å². The van der Waals surface area contributed by atoms with Gasteiger partial charge in [0.15, 0.2) is 11.4 Å². The van der Waals surface area contributed by atoms with E-state index in [0.717, 1.165) is 38.5 Å². The number of aliphatic hydroxyl groups excluding tert-OH is 1. The van der Waals surface area contributed by atoms with Gasteiger partial charge in [0.2, 0.25) is 11.8 Å². The van der Waals surface area contributed by atoms with Gasteiger partial charge in [-0.3, -0.25) is 14.8 Å². The number of benzene rings is 3. The third kappa shape index (κ3) is 9.24. The van der Waals surface area contributed by atoms with Crippen LogP contribution in [-0.4, -0.2) is 48.7 Å². The molecule has 2 heterocycles. The molecule has 4 aromatic rings. The molecule has 242 valence electrons. The van der Waals surface area contributed by atoms with Crippen molar-refractivity contribution in [1.82, 2.24) is 25.6 Å². The number of thioether (sulfide) groups is 1. The molecule has 0 spiro atoms. The Morgan fingerprint density at radius 3 is 2.39 bits per heavy atom. The summed E-state index contributed by atoms with van der Waals surface area (Å²) in [6.07, 6.45) is 3.04. The average Bonchev–Trinajstić information content (AvgIpc) is 3.52. The molecule has 4 N–H and O–H groups in total. The number of nitrogens with one attached hydrogen (secondary N) is 2. The number of carbonyl (C=O) groups is 2. The normalized spacial score (nSPS) is 17.8. The zero-order valence-electron chi connectivity index (χ0n) is 25.7. The lowest BCUT2D eigenvalue weighted by molar-refractivity contribution is -0.245. The summed E-state index contributed by atoms with van der Waals surface area (Å²) in [5.41, 5.74) is 7.35. The molecular formula is C34H39N5O6S. The molecule has 0 bridgehead atoms. The molecule has 1 saturated heterocycles. The molecule has 0 saturated carbocycles. The summed E-state index contributed by atoms with van der Waals surface area (Å²) in [5, 5.41) is 30.0. The Bertz CT molecular complexity index is 1600. The quantitative estimate of drug-likeness (QED) is 0.0644. The second-order valence-corrected chi connectivity index (χ2v) is 12.2. The first-order chi connectivity index (χ1) is 22.4. The Labute approximate surface area is 272 Å². The van der Waals surface area contributed by atoms with E-state index in [2.05, 4.69) is 27.6 Å². The van der Waals surface area contributed by atoms with Crippen molar-refractivity contribution in [3.05, 3.63) is 101 Å². The Morgan fingerprint density at radius 1 is 0.935 bits per heavy atom. The Morgan fingerprint density at radius 2 is 1.67 bits per heavy atom. The zero-order valence-corrected chi connectivity index (χ0v) is 26.5. The van der Waals surface area contributed by atoms with Gasteiger partial charge in [-0.2, -0.15) is 0 Å². The van der Waals surface area contributed by atoms with E-state index in [9.17, 15) is 14.7 Å². The molecule has 1 aromatic heterocycles. The maximum atomic E-state index is 12.3. The lowest BCUT2D eigenvalue weighted by Crippen LogP contribution is -2.31. The van der Waals surface area contributed by atoms with Crippen molar-refractivity contribution >= 4 is 23.6 Å². The Kier molecular flexibility index (Phi) is 11.9. The number of hydrogen-bond donors (Lipinski definition) is 4. The molecular weight excluding hydrogens is 606 g/mol. The first-order valence-corrected chi connectivity index (χ1v) is 16.3. The summed E-state index contributed by atoms with van der Waals surface area (Å²) in [5.74, 6) is 0.146. The summed E-state index contributed by atoms with van der Waals surface area (Å²) in [4.78, 5) is 23.4. The first kappa shape index (κ1) is 33.3. The van der Waals surface area contributed by atoms with Gasteiger partial charge in [0.05, 0.1) is 18.8 Å². The minimum Gasteiger partial charge on any atom is -0.392 e. The van der Waals surface area contributed by atoms with Crippen LogP contribution in [0.5, 0.6) is 0 Å². The van der Waals surface area contributed by atoms with E-state index in [1.54, 1.807) is 23.6 Å². The van der Waals surface area contributed by atoms with E-state index in [1.165, 1.54) is 0 Å². The van der Waals surface area contributed by atoms with Gasteiger partial charge in [0.1, 0.15) is 6.33 Å². The highest BCUT2D eigenvalue weighted by Crippen LogP contribution is 2.40. The van der Waals surface area contributed by atoms with Crippen molar-refractivity contribution in [1.29, 1.82) is 0 Å². The number of hydroxylamine groups is 1. The second-order valence-electron chi connectivity index (χ2n) is 11.2. The highest BCUT2D eigenvalue weighted by atomic mass is 32.2. The van der Waals surface area contributed by atoms with E-state index in [1.807, 2.05) is 72.3 Å². The lowest BCUT2D eigenvalue weighted by atomic mass is 9.99. The van der Waals surface area contributed by atoms with Crippen molar-refractivity contribution in [2.75, 3.05) is 5.75 Å². The summed E-state index contributed by atoms with van der Waals surface area (Å²) in [6.45, 7) is 0.377. The molecule has 0 radical (unpaired) electrons. The zero-order chi connectivity index (χ0) is 32.3. The van der Waals surface area contributed by atoms with Crippen LogP contribution in [0.25, 0.3) is 11.1 Å². The van der Waals surface area contributed by atoms with E-state index in [4.69, 9.17) is 14.7 Å². The van der Waals surface area contributed by atoms with Gasteiger partial charge in [0.25, 0.3) is 0 Å². The van der Waals surface area contributed by atoms with Crippen LogP contribution >= 0.6 is 11.8 Å². The smallest absolute Gasteiger partial charge is 0.243 e. The third-order valence-electron chi connectivity index (χ3n) is 7.77. The molecule has 1 aliphatic heterocycles.